The van der Waals surface area contributed by atoms with E-state index in [9.17, 15) is 4.79 Å². The van der Waals surface area contributed by atoms with Gasteiger partial charge < -0.3 is 20.9 Å². The Hall–Kier alpha value is -1.86. The summed E-state index contributed by atoms with van der Waals surface area (Å²) >= 11 is 0. The van der Waals surface area contributed by atoms with E-state index in [2.05, 4.69) is 22.1 Å². The van der Waals surface area contributed by atoms with Gasteiger partial charge in [0.15, 0.2) is 0 Å². The minimum atomic E-state index is -1.05. The second-order valence-electron chi connectivity index (χ2n) is 4.74. The van der Waals surface area contributed by atoms with Crippen molar-refractivity contribution in [1.29, 1.82) is 0 Å². The molecule has 2 heterocycles. The highest BCUT2D eigenvalue weighted by atomic mass is 16.5. The van der Waals surface area contributed by atoms with E-state index in [0.717, 1.165) is 19.6 Å². The van der Waals surface area contributed by atoms with E-state index in [0.29, 0.717) is 24.7 Å². The largest absolute Gasteiger partial charge is 0.478 e. The molecule has 1 atom stereocenters. The Morgan fingerprint density at radius 1 is 1.70 bits per heavy atom. The van der Waals surface area contributed by atoms with Crippen LogP contribution in [0.2, 0.25) is 0 Å². The fraction of sp³-hybridized carbons (Fsp3) is 0.538. The molecule has 1 aliphatic rings. The van der Waals surface area contributed by atoms with Crippen LogP contribution >= 0.6 is 0 Å². The molecule has 1 aromatic rings. The number of aromatic nitrogens is 1. The summed E-state index contributed by atoms with van der Waals surface area (Å²) in [5.74, 6) is -0.726. The van der Waals surface area contributed by atoms with Crippen LogP contribution in [-0.4, -0.2) is 59.8 Å². The standard InChI is InChI=1S/C13H20N4O3/c1-2-17-3-4-20-10(8-17)7-16-12-11(13(18)19)5-9(14)6-15-12/h5-6,10H,2-4,7-8,14H2,1H3,(H,15,16)(H,18,19). The van der Waals surface area contributed by atoms with E-state index in [1.54, 1.807) is 0 Å². The number of hydrogen-bond donors (Lipinski definition) is 3. The zero-order valence-electron chi connectivity index (χ0n) is 11.5. The van der Waals surface area contributed by atoms with E-state index >= 15 is 0 Å². The van der Waals surface area contributed by atoms with E-state index in [1.165, 1.54) is 12.3 Å². The van der Waals surface area contributed by atoms with Crippen molar-refractivity contribution in [3.8, 4) is 0 Å². The van der Waals surface area contributed by atoms with Gasteiger partial charge in [0.05, 0.1) is 24.6 Å². The van der Waals surface area contributed by atoms with Gasteiger partial charge in [-0.2, -0.15) is 0 Å². The van der Waals surface area contributed by atoms with Crippen LogP contribution < -0.4 is 11.1 Å². The molecule has 110 valence electrons. The second-order valence-corrected chi connectivity index (χ2v) is 4.74. The van der Waals surface area contributed by atoms with Crippen LogP contribution in [0.1, 0.15) is 17.3 Å². The molecule has 0 radical (unpaired) electrons. The Morgan fingerprint density at radius 2 is 2.50 bits per heavy atom. The maximum Gasteiger partial charge on any atom is 0.339 e. The van der Waals surface area contributed by atoms with Gasteiger partial charge in [-0.3, -0.25) is 4.90 Å². The van der Waals surface area contributed by atoms with E-state index in [4.69, 9.17) is 15.6 Å². The van der Waals surface area contributed by atoms with E-state index < -0.39 is 5.97 Å². The summed E-state index contributed by atoms with van der Waals surface area (Å²) in [6, 6.07) is 1.40. The molecule has 2 rings (SSSR count). The molecule has 7 nitrogen and oxygen atoms in total. The van der Waals surface area contributed by atoms with Gasteiger partial charge in [-0.15, -0.1) is 0 Å². The monoisotopic (exact) mass is 280 g/mol. The average molecular weight is 280 g/mol. The van der Waals surface area contributed by atoms with Crippen LogP contribution in [0, 0.1) is 0 Å². The van der Waals surface area contributed by atoms with Gasteiger partial charge in [0.25, 0.3) is 0 Å². The lowest BCUT2D eigenvalue weighted by Crippen LogP contribution is -2.45. The third kappa shape index (κ3) is 3.58. The first kappa shape index (κ1) is 14.5. The summed E-state index contributed by atoms with van der Waals surface area (Å²) in [5.41, 5.74) is 5.96. The number of carbonyl (C=O) groups is 1. The molecule has 0 saturated carbocycles. The van der Waals surface area contributed by atoms with Crippen LogP contribution in [0.4, 0.5) is 11.5 Å². The fourth-order valence-electron chi connectivity index (χ4n) is 2.19. The van der Waals surface area contributed by atoms with Crippen LogP contribution in [-0.2, 0) is 4.74 Å². The summed E-state index contributed by atoms with van der Waals surface area (Å²) in [7, 11) is 0. The third-order valence-corrected chi connectivity index (χ3v) is 3.31. The minimum absolute atomic E-state index is 0.0321. The molecule has 0 spiro atoms. The number of pyridine rings is 1. The highest BCUT2D eigenvalue weighted by Gasteiger charge is 2.20. The minimum Gasteiger partial charge on any atom is -0.478 e. The summed E-state index contributed by atoms with van der Waals surface area (Å²) < 4.78 is 5.65. The number of ether oxygens (including phenoxy) is 1. The number of nitrogens with one attached hydrogen (secondary N) is 1. The summed E-state index contributed by atoms with van der Waals surface area (Å²) in [5, 5.41) is 12.2. The lowest BCUT2D eigenvalue weighted by Gasteiger charge is -2.32. The van der Waals surface area contributed by atoms with Crippen LogP contribution in [0.15, 0.2) is 12.3 Å². The molecule has 0 aromatic carbocycles. The summed E-state index contributed by atoms with van der Waals surface area (Å²) in [6.07, 6.45) is 1.47. The zero-order valence-corrected chi connectivity index (χ0v) is 11.5. The quantitative estimate of drug-likeness (QED) is 0.721. The maximum absolute atomic E-state index is 11.1. The Kier molecular flexibility index (Phi) is 4.75. The third-order valence-electron chi connectivity index (χ3n) is 3.31. The van der Waals surface area contributed by atoms with Gasteiger partial charge in [0, 0.05) is 19.6 Å². The van der Waals surface area contributed by atoms with Crippen molar-refractivity contribution in [2.75, 3.05) is 43.8 Å². The van der Waals surface area contributed by atoms with Crippen molar-refractivity contribution in [1.82, 2.24) is 9.88 Å². The van der Waals surface area contributed by atoms with Crippen molar-refractivity contribution in [2.24, 2.45) is 0 Å². The van der Waals surface area contributed by atoms with Gasteiger partial charge in [0.1, 0.15) is 11.4 Å². The van der Waals surface area contributed by atoms with E-state index in [1.807, 2.05) is 0 Å². The molecule has 1 aromatic heterocycles. The molecule has 7 heteroatoms. The lowest BCUT2D eigenvalue weighted by molar-refractivity contribution is -0.0192. The first-order chi connectivity index (χ1) is 9.60. The SMILES string of the molecule is CCN1CCOC(CNc2ncc(N)cc2C(=O)O)C1. The number of hydrogen-bond acceptors (Lipinski definition) is 6. The lowest BCUT2D eigenvalue weighted by atomic mass is 10.2. The Labute approximate surface area is 117 Å². The number of morpholine rings is 1. The highest BCUT2D eigenvalue weighted by molar-refractivity contribution is 5.94. The van der Waals surface area contributed by atoms with E-state index in [-0.39, 0.29) is 11.7 Å². The number of nitrogens with zero attached hydrogens (tertiary/aromatic N) is 2. The average Bonchev–Trinajstić information content (AvgIpc) is 2.46. The Balaban J connectivity index is 1.98. The van der Waals surface area contributed by atoms with Crippen LogP contribution in [0.5, 0.6) is 0 Å². The highest BCUT2D eigenvalue weighted by Crippen LogP contribution is 2.16. The summed E-state index contributed by atoms with van der Waals surface area (Å²) in [4.78, 5) is 17.5. The molecule has 1 unspecified atom stereocenters. The molecule has 0 aliphatic carbocycles. The Morgan fingerprint density at radius 3 is 3.20 bits per heavy atom. The molecule has 1 aliphatic heterocycles. The van der Waals surface area contributed by atoms with Crippen LogP contribution in [0.25, 0.3) is 0 Å². The number of carboxylic acid groups (broad SMARTS) is 1. The predicted octanol–water partition coefficient (Wildman–Crippen LogP) is 0.495. The number of rotatable bonds is 5. The van der Waals surface area contributed by atoms with Gasteiger partial charge in [-0.05, 0) is 12.6 Å². The molecule has 20 heavy (non-hydrogen) atoms. The summed E-state index contributed by atoms with van der Waals surface area (Å²) in [6.45, 7) is 6.09. The maximum atomic E-state index is 11.1. The molecule has 1 fully saturated rings. The van der Waals surface area contributed by atoms with Crippen molar-refractivity contribution in [2.45, 2.75) is 13.0 Å². The van der Waals surface area contributed by atoms with Crippen molar-refractivity contribution < 1.29 is 14.6 Å². The fourth-order valence-corrected chi connectivity index (χ4v) is 2.19. The molecule has 1 saturated heterocycles. The first-order valence-corrected chi connectivity index (χ1v) is 6.66. The van der Waals surface area contributed by atoms with Crippen molar-refractivity contribution in [3.63, 3.8) is 0 Å². The molecule has 0 amide bonds. The molecular formula is C13H20N4O3. The number of anilines is 2. The van der Waals surface area contributed by atoms with Crippen molar-refractivity contribution in [3.05, 3.63) is 17.8 Å². The van der Waals surface area contributed by atoms with Gasteiger partial charge >= 0.3 is 5.97 Å². The van der Waals surface area contributed by atoms with Gasteiger partial charge in [0.2, 0.25) is 0 Å². The van der Waals surface area contributed by atoms with Gasteiger partial charge in [-0.1, -0.05) is 6.92 Å². The number of aromatic carboxylic acids is 1. The first-order valence-electron chi connectivity index (χ1n) is 6.66. The van der Waals surface area contributed by atoms with Gasteiger partial charge in [-0.25, -0.2) is 9.78 Å². The zero-order chi connectivity index (χ0) is 14.5. The predicted molar refractivity (Wildman–Crippen MR) is 76.0 cm³/mol. The normalized spacial score (nSPS) is 19.8. The number of nitrogen functional groups attached to an aromatic ring is 1. The number of likely N-dealkylation sites (N-methyl/N-ethyl adjacent to an activating group) is 1. The topological polar surface area (TPSA) is 101 Å². The van der Waals surface area contributed by atoms with Crippen molar-refractivity contribution >= 4 is 17.5 Å². The Bertz CT molecular complexity index is 481. The number of carboxylic acids is 1. The smallest absolute Gasteiger partial charge is 0.339 e. The molecular weight excluding hydrogens is 260 g/mol. The number of nitrogens with two attached hydrogens (primary N) is 1. The van der Waals surface area contributed by atoms with Crippen LogP contribution in [0.3, 0.4) is 0 Å². The molecule has 4 N–H and O–H groups in total. The second kappa shape index (κ2) is 6.53. The molecule has 0 bridgehead atoms.